The van der Waals surface area contributed by atoms with Crippen LogP contribution in [0.15, 0.2) is 35.3 Å². The van der Waals surface area contributed by atoms with Crippen molar-refractivity contribution in [3.63, 3.8) is 0 Å². The van der Waals surface area contributed by atoms with Crippen molar-refractivity contribution < 1.29 is 13.2 Å². The highest BCUT2D eigenvalue weighted by atomic mass is 19.4. The second-order valence-corrected chi connectivity index (χ2v) is 4.26. The van der Waals surface area contributed by atoms with Gasteiger partial charge in [0.15, 0.2) is 0 Å². The van der Waals surface area contributed by atoms with Gasteiger partial charge in [0.25, 0.3) is 5.56 Å². The summed E-state index contributed by atoms with van der Waals surface area (Å²) < 4.78 is 37.7. The van der Waals surface area contributed by atoms with Gasteiger partial charge in [-0.1, -0.05) is 18.2 Å². The molecule has 4 nitrogen and oxygen atoms in total. The normalized spacial score (nSPS) is 11.6. The highest BCUT2D eigenvalue weighted by Crippen LogP contribution is 2.29. The van der Waals surface area contributed by atoms with Gasteiger partial charge in [-0.2, -0.15) is 13.2 Å². The zero-order valence-corrected chi connectivity index (χ0v) is 10.4. The van der Waals surface area contributed by atoms with E-state index in [2.05, 4.69) is 9.97 Å². The van der Waals surface area contributed by atoms with Crippen LogP contribution in [0, 0.1) is 0 Å². The molecular formula is C13H12F3N3O. The summed E-state index contributed by atoms with van der Waals surface area (Å²) in [6.07, 6.45) is -2.94. The Morgan fingerprint density at radius 3 is 2.65 bits per heavy atom. The topological polar surface area (TPSA) is 71.8 Å². The highest BCUT2D eigenvalue weighted by Gasteiger charge is 2.30. The molecule has 0 bridgehead atoms. The van der Waals surface area contributed by atoms with Crippen LogP contribution in [0.3, 0.4) is 0 Å². The fourth-order valence-electron chi connectivity index (χ4n) is 1.74. The molecule has 0 aliphatic heterocycles. The Bertz CT molecular complexity index is 664. The molecule has 1 aromatic heterocycles. The number of nitrogens with one attached hydrogen (secondary N) is 1. The van der Waals surface area contributed by atoms with Gasteiger partial charge in [0.05, 0.1) is 5.56 Å². The summed E-state index contributed by atoms with van der Waals surface area (Å²) in [5, 5.41) is 0. The maximum absolute atomic E-state index is 12.6. The first-order valence-electron chi connectivity index (χ1n) is 5.83. The Morgan fingerprint density at radius 1 is 1.30 bits per heavy atom. The van der Waals surface area contributed by atoms with E-state index in [1.807, 2.05) is 0 Å². The van der Waals surface area contributed by atoms with Gasteiger partial charge in [0.1, 0.15) is 5.82 Å². The SMILES string of the molecule is NCc1cnc(Cc2cccc(C(F)(F)F)c2)[nH]c1=O. The van der Waals surface area contributed by atoms with Crippen molar-refractivity contribution in [2.75, 3.05) is 0 Å². The van der Waals surface area contributed by atoms with E-state index in [0.717, 1.165) is 12.1 Å². The quantitative estimate of drug-likeness (QED) is 0.902. The standard InChI is InChI=1S/C13H12F3N3O/c14-13(15,16)10-3-1-2-8(4-10)5-11-18-7-9(6-17)12(20)19-11/h1-4,7H,5-6,17H2,(H,18,19,20). The van der Waals surface area contributed by atoms with E-state index in [1.54, 1.807) is 6.07 Å². The molecular weight excluding hydrogens is 271 g/mol. The number of aromatic amines is 1. The molecule has 20 heavy (non-hydrogen) atoms. The molecule has 0 saturated heterocycles. The van der Waals surface area contributed by atoms with Crippen LogP contribution in [0.25, 0.3) is 0 Å². The number of alkyl halides is 3. The number of rotatable bonds is 3. The molecule has 0 saturated carbocycles. The molecule has 0 aliphatic carbocycles. The number of hydrogen-bond acceptors (Lipinski definition) is 3. The predicted molar refractivity (Wildman–Crippen MR) is 67.0 cm³/mol. The zero-order chi connectivity index (χ0) is 14.8. The summed E-state index contributed by atoms with van der Waals surface area (Å²) in [6, 6.07) is 4.91. The van der Waals surface area contributed by atoms with Crippen molar-refractivity contribution in [2.45, 2.75) is 19.1 Å². The summed E-state index contributed by atoms with van der Waals surface area (Å²) >= 11 is 0. The number of H-pyrrole nitrogens is 1. The van der Waals surface area contributed by atoms with Crippen molar-refractivity contribution in [1.82, 2.24) is 9.97 Å². The van der Waals surface area contributed by atoms with Gasteiger partial charge in [-0.25, -0.2) is 4.98 Å². The molecule has 0 aliphatic rings. The lowest BCUT2D eigenvalue weighted by Crippen LogP contribution is -2.19. The van der Waals surface area contributed by atoms with E-state index in [-0.39, 0.29) is 18.5 Å². The third-order valence-electron chi connectivity index (χ3n) is 2.77. The maximum Gasteiger partial charge on any atom is 0.416 e. The van der Waals surface area contributed by atoms with Gasteiger partial charge < -0.3 is 10.7 Å². The van der Waals surface area contributed by atoms with Gasteiger partial charge >= 0.3 is 6.18 Å². The van der Waals surface area contributed by atoms with E-state index in [0.29, 0.717) is 17.0 Å². The fourth-order valence-corrected chi connectivity index (χ4v) is 1.74. The van der Waals surface area contributed by atoms with Crippen LogP contribution >= 0.6 is 0 Å². The minimum Gasteiger partial charge on any atom is -0.326 e. The number of aromatic nitrogens is 2. The molecule has 0 atom stereocenters. The summed E-state index contributed by atoms with van der Waals surface area (Å²) in [5.41, 5.74) is 4.99. The molecule has 0 spiro atoms. The lowest BCUT2D eigenvalue weighted by Gasteiger charge is -2.08. The molecule has 0 unspecified atom stereocenters. The van der Waals surface area contributed by atoms with Crippen molar-refractivity contribution in [2.24, 2.45) is 5.73 Å². The molecule has 0 fully saturated rings. The third kappa shape index (κ3) is 3.24. The van der Waals surface area contributed by atoms with Gasteiger partial charge in [-0.3, -0.25) is 4.79 Å². The lowest BCUT2D eigenvalue weighted by molar-refractivity contribution is -0.137. The Morgan fingerprint density at radius 2 is 2.05 bits per heavy atom. The molecule has 2 aromatic rings. The Kier molecular flexibility index (Phi) is 3.89. The van der Waals surface area contributed by atoms with Crippen molar-refractivity contribution in [1.29, 1.82) is 0 Å². The number of benzene rings is 1. The maximum atomic E-state index is 12.6. The molecule has 1 heterocycles. The van der Waals surface area contributed by atoms with Crippen LogP contribution in [-0.2, 0) is 19.1 Å². The van der Waals surface area contributed by atoms with E-state index < -0.39 is 11.7 Å². The summed E-state index contributed by atoms with van der Waals surface area (Å²) in [7, 11) is 0. The number of nitrogens with two attached hydrogens (primary N) is 1. The monoisotopic (exact) mass is 283 g/mol. The smallest absolute Gasteiger partial charge is 0.326 e. The Hall–Kier alpha value is -2.15. The van der Waals surface area contributed by atoms with Crippen molar-refractivity contribution in [3.05, 3.63) is 63.3 Å². The minimum atomic E-state index is -4.39. The van der Waals surface area contributed by atoms with Crippen molar-refractivity contribution in [3.8, 4) is 0 Å². The molecule has 0 radical (unpaired) electrons. The van der Waals surface area contributed by atoms with Crippen LogP contribution in [0.4, 0.5) is 13.2 Å². The predicted octanol–water partition coefficient (Wildman–Crippen LogP) is 1.84. The first-order chi connectivity index (χ1) is 9.40. The van der Waals surface area contributed by atoms with E-state index in [4.69, 9.17) is 5.73 Å². The molecule has 2 rings (SSSR count). The Labute approximate surface area is 112 Å². The molecule has 1 aromatic carbocycles. The van der Waals surface area contributed by atoms with Gasteiger partial charge in [0.2, 0.25) is 0 Å². The van der Waals surface area contributed by atoms with Crippen LogP contribution < -0.4 is 11.3 Å². The Balaban J connectivity index is 2.26. The summed E-state index contributed by atoms with van der Waals surface area (Å²) in [5.74, 6) is 0.298. The number of nitrogens with zero attached hydrogens (tertiary/aromatic N) is 1. The first-order valence-corrected chi connectivity index (χ1v) is 5.83. The summed E-state index contributed by atoms with van der Waals surface area (Å²) in [4.78, 5) is 18.0. The molecule has 7 heteroatoms. The average molecular weight is 283 g/mol. The molecule has 0 amide bonds. The average Bonchev–Trinajstić information content (AvgIpc) is 2.38. The zero-order valence-electron chi connectivity index (χ0n) is 10.4. The third-order valence-corrected chi connectivity index (χ3v) is 2.77. The minimum absolute atomic E-state index is 0.0617. The first kappa shape index (κ1) is 14.3. The number of hydrogen-bond donors (Lipinski definition) is 2. The second kappa shape index (κ2) is 5.46. The van der Waals surface area contributed by atoms with Gasteiger partial charge in [-0.05, 0) is 11.6 Å². The van der Waals surface area contributed by atoms with Crippen molar-refractivity contribution >= 4 is 0 Å². The van der Waals surface area contributed by atoms with E-state index in [9.17, 15) is 18.0 Å². The van der Waals surface area contributed by atoms with Crippen LogP contribution in [0.1, 0.15) is 22.5 Å². The summed E-state index contributed by atoms with van der Waals surface area (Å²) in [6.45, 7) is 0.0617. The largest absolute Gasteiger partial charge is 0.416 e. The highest BCUT2D eigenvalue weighted by molar-refractivity contribution is 5.27. The lowest BCUT2D eigenvalue weighted by atomic mass is 10.1. The van der Waals surface area contributed by atoms with E-state index >= 15 is 0 Å². The van der Waals surface area contributed by atoms with Gasteiger partial charge in [0, 0.05) is 24.7 Å². The molecule has 106 valence electrons. The van der Waals surface area contributed by atoms with E-state index in [1.165, 1.54) is 12.3 Å². The van der Waals surface area contributed by atoms with Crippen LogP contribution in [-0.4, -0.2) is 9.97 Å². The second-order valence-electron chi connectivity index (χ2n) is 4.26. The van der Waals surface area contributed by atoms with Crippen LogP contribution in [0.2, 0.25) is 0 Å². The van der Waals surface area contributed by atoms with Gasteiger partial charge in [-0.15, -0.1) is 0 Å². The fraction of sp³-hybridized carbons (Fsp3) is 0.231. The molecule has 3 N–H and O–H groups in total. The number of halogens is 3. The van der Waals surface area contributed by atoms with Crippen LogP contribution in [0.5, 0.6) is 0 Å².